The van der Waals surface area contributed by atoms with E-state index >= 15 is 0 Å². The molecule has 0 saturated carbocycles. The summed E-state index contributed by atoms with van der Waals surface area (Å²) in [6.45, 7) is 1.56. The van der Waals surface area contributed by atoms with Gasteiger partial charge in [0.1, 0.15) is 0 Å². The molecule has 0 spiro atoms. The zero-order valence-corrected chi connectivity index (χ0v) is 14.0. The molecule has 2 aromatic carbocycles. The SMILES string of the molecule is Cc1cc([N+](=O)[O-])ccc1NS(=O)(=O)c1ccc2c(c1)oc(=O)n2C. The number of rotatable bonds is 4. The molecule has 1 aromatic heterocycles. The van der Waals surface area contributed by atoms with Crippen LogP contribution in [-0.4, -0.2) is 17.9 Å². The normalized spacial score (nSPS) is 11.6. The van der Waals surface area contributed by atoms with Crippen molar-refractivity contribution in [1.82, 2.24) is 4.57 Å². The number of anilines is 1. The fourth-order valence-electron chi connectivity index (χ4n) is 2.36. The zero-order valence-electron chi connectivity index (χ0n) is 13.2. The molecular weight excluding hydrogens is 350 g/mol. The molecule has 3 rings (SSSR count). The van der Waals surface area contributed by atoms with Gasteiger partial charge in [0.15, 0.2) is 5.58 Å². The lowest BCUT2D eigenvalue weighted by molar-refractivity contribution is -0.384. The van der Waals surface area contributed by atoms with Gasteiger partial charge in [-0.05, 0) is 30.7 Å². The molecule has 0 unspecified atom stereocenters. The monoisotopic (exact) mass is 363 g/mol. The predicted molar refractivity (Wildman–Crippen MR) is 90.1 cm³/mol. The van der Waals surface area contributed by atoms with E-state index in [9.17, 15) is 23.3 Å². The molecule has 1 N–H and O–H groups in total. The minimum absolute atomic E-state index is 0.0906. The van der Waals surface area contributed by atoms with Gasteiger partial charge in [-0.25, -0.2) is 13.2 Å². The summed E-state index contributed by atoms with van der Waals surface area (Å²) in [6, 6.07) is 7.88. The second-order valence-electron chi connectivity index (χ2n) is 5.42. The Morgan fingerprint density at radius 3 is 2.56 bits per heavy atom. The number of aryl methyl sites for hydroxylation is 2. The van der Waals surface area contributed by atoms with Crippen LogP contribution < -0.4 is 10.5 Å². The van der Waals surface area contributed by atoms with Crippen molar-refractivity contribution in [3.05, 3.63) is 62.6 Å². The van der Waals surface area contributed by atoms with Crippen molar-refractivity contribution in [1.29, 1.82) is 0 Å². The topological polar surface area (TPSA) is 124 Å². The number of sulfonamides is 1. The molecule has 0 aliphatic rings. The minimum Gasteiger partial charge on any atom is -0.408 e. The van der Waals surface area contributed by atoms with Crippen molar-refractivity contribution in [2.45, 2.75) is 11.8 Å². The van der Waals surface area contributed by atoms with Crippen LogP contribution in [0.15, 0.2) is 50.5 Å². The van der Waals surface area contributed by atoms with Crippen LogP contribution in [0.1, 0.15) is 5.56 Å². The van der Waals surface area contributed by atoms with Gasteiger partial charge in [0.05, 0.1) is 21.0 Å². The van der Waals surface area contributed by atoms with E-state index in [0.717, 1.165) is 0 Å². The fraction of sp³-hybridized carbons (Fsp3) is 0.133. The Bertz CT molecular complexity index is 1160. The quantitative estimate of drug-likeness (QED) is 0.559. The molecule has 0 atom stereocenters. The number of aromatic nitrogens is 1. The Kier molecular flexibility index (Phi) is 3.84. The highest BCUT2D eigenvalue weighted by molar-refractivity contribution is 7.92. The number of non-ortho nitro benzene ring substituents is 1. The number of nitro groups is 1. The van der Waals surface area contributed by atoms with E-state index in [1.54, 1.807) is 6.92 Å². The molecule has 130 valence electrons. The van der Waals surface area contributed by atoms with Crippen molar-refractivity contribution < 1.29 is 17.8 Å². The summed E-state index contributed by atoms with van der Waals surface area (Å²) in [6.07, 6.45) is 0. The smallest absolute Gasteiger partial charge is 0.408 e. The van der Waals surface area contributed by atoms with Crippen molar-refractivity contribution in [3.63, 3.8) is 0 Å². The molecule has 0 fully saturated rings. The van der Waals surface area contributed by atoms with Gasteiger partial charge in [0.2, 0.25) is 0 Å². The first-order chi connectivity index (χ1) is 11.7. The summed E-state index contributed by atoms with van der Waals surface area (Å²) in [7, 11) is -2.44. The van der Waals surface area contributed by atoms with E-state index in [0.29, 0.717) is 11.1 Å². The maximum Gasteiger partial charge on any atom is 0.419 e. The number of nitrogens with one attached hydrogen (secondary N) is 1. The van der Waals surface area contributed by atoms with Crippen molar-refractivity contribution in [2.75, 3.05) is 4.72 Å². The van der Waals surface area contributed by atoms with Crippen LogP contribution in [0.25, 0.3) is 11.1 Å². The molecule has 10 heteroatoms. The average Bonchev–Trinajstić information content (AvgIpc) is 2.83. The third-order valence-corrected chi connectivity index (χ3v) is 5.10. The Balaban J connectivity index is 1.99. The van der Waals surface area contributed by atoms with Gasteiger partial charge >= 0.3 is 5.76 Å². The molecule has 0 radical (unpaired) electrons. The van der Waals surface area contributed by atoms with Gasteiger partial charge in [-0.15, -0.1) is 0 Å². The maximum absolute atomic E-state index is 12.5. The lowest BCUT2D eigenvalue weighted by Crippen LogP contribution is -2.13. The number of benzene rings is 2. The fourth-order valence-corrected chi connectivity index (χ4v) is 3.51. The molecule has 0 aliphatic heterocycles. The van der Waals surface area contributed by atoms with Crippen LogP contribution in [0.5, 0.6) is 0 Å². The van der Waals surface area contributed by atoms with E-state index in [1.165, 1.54) is 48.0 Å². The Labute approximate surface area is 141 Å². The molecule has 9 nitrogen and oxygen atoms in total. The van der Waals surface area contributed by atoms with Crippen LogP contribution in [0.4, 0.5) is 11.4 Å². The molecule has 1 heterocycles. The summed E-state index contributed by atoms with van der Waals surface area (Å²) >= 11 is 0. The van der Waals surface area contributed by atoms with Crippen LogP contribution in [-0.2, 0) is 17.1 Å². The number of hydrogen-bond acceptors (Lipinski definition) is 6. The van der Waals surface area contributed by atoms with E-state index in [1.807, 2.05) is 0 Å². The number of oxazole rings is 1. The van der Waals surface area contributed by atoms with Gasteiger partial charge in [-0.3, -0.25) is 19.4 Å². The maximum atomic E-state index is 12.5. The highest BCUT2D eigenvalue weighted by Gasteiger charge is 2.19. The van der Waals surface area contributed by atoms with Crippen molar-refractivity contribution in [2.24, 2.45) is 7.05 Å². The Hall–Kier alpha value is -3.14. The first-order valence-electron chi connectivity index (χ1n) is 7.06. The molecular formula is C15H13N3O6S. The largest absolute Gasteiger partial charge is 0.419 e. The number of nitro benzene ring substituents is 1. The third-order valence-electron chi connectivity index (χ3n) is 3.74. The lowest BCUT2D eigenvalue weighted by atomic mass is 10.2. The Morgan fingerprint density at radius 2 is 1.92 bits per heavy atom. The standard InChI is InChI=1S/C15H13N3O6S/c1-9-7-10(18(20)21)3-5-12(9)16-25(22,23)11-4-6-13-14(8-11)24-15(19)17(13)2/h3-8,16H,1-2H3. The minimum atomic E-state index is -3.96. The van der Waals surface area contributed by atoms with Crippen molar-refractivity contribution >= 4 is 32.5 Å². The zero-order chi connectivity index (χ0) is 18.4. The first-order valence-corrected chi connectivity index (χ1v) is 8.55. The molecule has 25 heavy (non-hydrogen) atoms. The molecule has 0 amide bonds. The highest BCUT2D eigenvalue weighted by atomic mass is 32.2. The summed E-state index contributed by atoms with van der Waals surface area (Å²) in [5.74, 6) is -0.594. The van der Waals surface area contributed by atoms with Gasteiger partial charge < -0.3 is 4.42 Å². The van der Waals surface area contributed by atoms with E-state index in [-0.39, 0.29) is 21.9 Å². The van der Waals surface area contributed by atoms with Crippen LogP contribution in [0.3, 0.4) is 0 Å². The number of hydrogen-bond donors (Lipinski definition) is 1. The molecule has 0 aliphatic carbocycles. The highest BCUT2D eigenvalue weighted by Crippen LogP contribution is 2.25. The lowest BCUT2D eigenvalue weighted by Gasteiger charge is -2.10. The number of fused-ring (bicyclic) bond motifs is 1. The summed E-state index contributed by atoms with van der Waals surface area (Å²) in [4.78, 5) is 21.6. The van der Waals surface area contributed by atoms with E-state index in [2.05, 4.69) is 4.72 Å². The van der Waals surface area contributed by atoms with Gasteiger partial charge in [-0.1, -0.05) is 0 Å². The predicted octanol–water partition coefficient (Wildman–Crippen LogP) is 2.15. The van der Waals surface area contributed by atoms with Gasteiger partial charge in [0.25, 0.3) is 15.7 Å². The van der Waals surface area contributed by atoms with Gasteiger partial charge in [0, 0.05) is 25.2 Å². The second-order valence-corrected chi connectivity index (χ2v) is 7.10. The third kappa shape index (κ3) is 2.98. The second kappa shape index (κ2) is 5.74. The summed E-state index contributed by atoms with van der Waals surface area (Å²) < 4.78 is 33.7. The van der Waals surface area contributed by atoms with Gasteiger partial charge in [-0.2, -0.15) is 0 Å². The molecule has 0 bridgehead atoms. The van der Waals surface area contributed by atoms with Crippen LogP contribution >= 0.6 is 0 Å². The van der Waals surface area contributed by atoms with Crippen molar-refractivity contribution in [3.8, 4) is 0 Å². The first kappa shape index (κ1) is 16.7. The molecule has 3 aromatic rings. The molecule has 0 saturated heterocycles. The average molecular weight is 363 g/mol. The summed E-state index contributed by atoms with van der Waals surface area (Å²) in [5, 5.41) is 10.8. The van der Waals surface area contributed by atoms with E-state index in [4.69, 9.17) is 4.42 Å². The van der Waals surface area contributed by atoms with Crippen LogP contribution in [0, 0.1) is 17.0 Å². The van der Waals surface area contributed by atoms with Crippen LogP contribution in [0.2, 0.25) is 0 Å². The summed E-state index contributed by atoms with van der Waals surface area (Å²) in [5.41, 5.74) is 1.12. The number of nitrogens with zero attached hydrogens (tertiary/aromatic N) is 2. The Morgan fingerprint density at radius 1 is 1.20 bits per heavy atom. The van der Waals surface area contributed by atoms with E-state index < -0.39 is 20.7 Å².